The fourth-order valence-corrected chi connectivity index (χ4v) is 3.27. The minimum absolute atomic E-state index is 0.102. The number of nitrogens with one attached hydrogen (secondary N) is 1. The van der Waals surface area contributed by atoms with E-state index in [1.807, 2.05) is 0 Å². The van der Waals surface area contributed by atoms with Gasteiger partial charge in [0.1, 0.15) is 5.92 Å². The predicted octanol–water partition coefficient (Wildman–Crippen LogP) is 1.45. The van der Waals surface area contributed by atoms with Gasteiger partial charge in [-0.2, -0.15) is 13.2 Å². The maximum Gasteiger partial charge on any atom is 0.418 e. The molecule has 28 heavy (non-hydrogen) atoms. The fraction of sp³-hybridized carbons (Fsp3) is 0.529. The second-order valence-electron chi connectivity index (χ2n) is 6.89. The van der Waals surface area contributed by atoms with Gasteiger partial charge in [0, 0.05) is 37.5 Å². The molecular weight excluding hydrogens is 381 g/mol. The number of para-hydroxylation sites is 1. The number of anilines is 1. The van der Waals surface area contributed by atoms with Gasteiger partial charge < -0.3 is 10.2 Å². The standard InChI is InChI=1S/C17H19F3N4O4/c18-17(19,20)12-3-1-2-4-13(12)21-15(25)10-22-5-7-23(8-6-22)16(26)11-9-14(11)24(27)28/h1-4,11,14H,5-10H2,(H,21,25)/t11-,14-/m0/s1. The third-order valence-corrected chi connectivity index (χ3v) is 4.90. The van der Waals surface area contributed by atoms with Gasteiger partial charge in [0.05, 0.1) is 17.8 Å². The molecule has 11 heteroatoms. The van der Waals surface area contributed by atoms with E-state index >= 15 is 0 Å². The van der Waals surface area contributed by atoms with Gasteiger partial charge in [-0.3, -0.25) is 24.6 Å². The molecule has 0 bridgehead atoms. The molecule has 1 N–H and O–H groups in total. The molecule has 1 heterocycles. The Kier molecular flexibility index (Phi) is 5.54. The van der Waals surface area contributed by atoms with Gasteiger partial charge in [-0.05, 0) is 12.1 Å². The van der Waals surface area contributed by atoms with Crippen molar-refractivity contribution in [1.82, 2.24) is 9.80 Å². The number of hydrogen-bond donors (Lipinski definition) is 1. The smallest absolute Gasteiger partial charge is 0.340 e. The Balaban J connectivity index is 1.48. The number of halogens is 3. The SMILES string of the molecule is O=C(CN1CCN(C(=O)[C@H]2C[C@@H]2[N+](=O)[O-])CC1)Nc1ccccc1C(F)(F)F. The number of carbonyl (C=O) groups is 2. The van der Waals surface area contributed by atoms with Crippen molar-refractivity contribution in [2.24, 2.45) is 5.92 Å². The lowest BCUT2D eigenvalue weighted by Crippen LogP contribution is -2.51. The second kappa shape index (κ2) is 7.74. The first-order valence-electron chi connectivity index (χ1n) is 8.77. The van der Waals surface area contributed by atoms with E-state index in [1.165, 1.54) is 18.2 Å². The highest BCUT2D eigenvalue weighted by molar-refractivity contribution is 5.93. The summed E-state index contributed by atoms with van der Waals surface area (Å²) >= 11 is 0. The Labute approximate surface area is 158 Å². The molecule has 2 aliphatic rings. The molecule has 1 saturated heterocycles. The van der Waals surface area contributed by atoms with E-state index in [9.17, 15) is 32.9 Å². The van der Waals surface area contributed by atoms with Crippen LogP contribution in [0.25, 0.3) is 0 Å². The average molecular weight is 400 g/mol. The van der Waals surface area contributed by atoms with Crippen molar-refractivity contribution in [3.8, 4) is 0 Å². The second-order valence-corrected chi connectivity index (χ2v) is 6.89. The third kappa shape index (κ3) is 4.58. The van der Waals surface area contributed by atoms with E-state index in [0.717, 1.165) is 6.07 Å². The molecule has 0 radical (unpaired) electrons. The molecule has 1 aliphatic carbocycles. The highest BCUT2D eigenvalue weighted by atomic mass is 19.4. The van der Waals surface area contributed by atoms with Gasteiger partial charge in [0.2, 0.25) is 17.9 Å². The molecular formula is C17H19F3N4O4. The lowest BCUT2D eigenvalue weighted by Gasteiger charge is -2.34. The molecule has 8 nitrogen and oxygen atoms in total. The van der Waals surface area contributed by atoms with Crippen molar-refractivity contribution in [3.05, 3.63) is 39.9 Å². The summed E-state index contributed by atoms with van der Waals surface area (Å²) in [7, 11) is 0. The van der Waals surface area contributed by atoms with Crippen molar-refractivity contribution in [3.63, 3.8) is 0 Å². The van der Waals surface area contributed by atoms with Gasteiger partial charge in [-0.15, -0.1) is 0 Å². The number of piperazine rings is 1. The fourth-order valence-electron chi connectivity index (χ4n) is 3.27. The van der Waals surface area contributed by atoms with Gasteiger partial charge in [0.25, 0.3) is 0 Å². The number of amides is 2. The molecule has 152 valence electrons. The van der Waals surface area contributed by atoms with Crippen LogP contribution in [0, 0.1) is 16.0 Å². The zero-order valence-corrected chi connectivity index (χ0v) is 14.8. The van der Waals surface area contributed by atoms with E-state index < -0.39 is 34.5 Å². The molecule has 1 aromatic carbocycles. The molecule has 0 spiro atoms. The molecule has 1 aromatic rings. The first-order chi connectivity index (χ1) is 13.2. The number of nitro groups is 1. The summed E-state index contributed by atoms with van der Waals surface area (Å²) in [4.78, 5) is 37.8. The number of alkyl halides is 3. The lowest BCUT2D eigenvalue weighted by atomic mass is 10.1. The number of benzene rings is 1. The highest BCUT2D eigenvalue weighted by Gasteiger charge is 2.54. The van der Waals surface area contributed by atoms with Crippen LogP contribution < -0.4 is 5.32 Å². The maximum absolute atomic E-state index is 13.0. The molecule has 2 amide bonds. The van der Waals surface area contributed by atoms with Gasteiger partial charge in [-0.1, -0.05) is 12.1 Å². The van der Waals surface area contributed by atoms with E-state index in [-0.39, 0.29) is 24.6 Å². The molecule has 2 atom stereocenters. The largest absolute Gasteiger partial charge is 0.418 e. The summed E-state index contributed by atoms with van der Waals surface area (Å²) in [5, 5.41) is 13.0. The van der Waals surface area contributed by atoms with Crippen LogP contribution in [-0.2, 0) is 15.8 Å². The van der Waals surface area contributed by atoms with Crippen molar-refractivity contribution < 1.29 is 27.7 Å². The predicted molar refractivity (Wildman–Crippen MR) is 92.0 cm³/mol. The summed E-state index contributed by atoms with van der Waals surface area (Å²) in [6.07, 6.45) is -4.31. The summed E-state index contributed by atoms with van der Waals surface area (Å²) in [5.74, 6) is -1.39. The minimum Gasteiger partial charge on any atom is -0.340 e. The summed E-state index contributed by atoms with van der Waals surface area (Å²) in [5.41, 5.74) is -1.21. The Morgan fingerprint density at radius 3 is 2.39 bits per heavy atom. The van der Waals surface area contributed by atoms with E-state index in [0.29, 0.717) is 26.2 Å². The van der Waals surface area contributed by atoms with Crippen LogP contribution in [0.1, 0.15) is 12.0 Å². The highest BCUT2D eigenvalue weighted by Crippen LogP contribution is 2.35. The quantitative estimate of drug-likeness (QED) is 0.596. The third-order valence-electron chi connectivity index (χ3n) is 4.90. The number of carbonyl (C=O) groups excluding carboxylic acids is 2. The lowest BCUT2D eigenvalue weighted by molar-refractivity contribution is -0.497. The number of rotatable bonds is 5. The zero-order valence-electron chi connectivity index (χ0n) is 14.8. The molecule has 3 rings (SSSR count). The van der Waals surface area contributed by atoms with Gasteiger partial charge in [-0.25, -0.2) is 0 Å². The van der Waals surface area contributed by atoms with Crippen molar-refractivity contribution in [2.45, 2.75) is 18.6 Å². The van der Waals surface area contributed by atoms with Crippen LogP contribution in [0.2, 0.25) is 0 Å². The van der Waals surface area contributed by atoms with E-state index in [2.05, 4.69) is 5.32 Å². The Hall–Kier alpha value is -2.69. The van der Waals surface area contributed by atoms with Crippen LogP contribution in [0.4, 0.5) is 18.9 Å². The first-order valence-corrected chi connectivity index (χ1v) is 8.77. The van der Waals surface area contributed by atoms with Crippen molar-refractivity contribution in [1.29, 1.82) is 0 Å². The summed E-state index contributed by atoms with van der Waals surface area (Å²) < 4.78 is 38.9. The number of hydrogen-bond acceptors (Lipinski definition) is 5. The normalized spacial score (nSPS) is 22.6. The topological polar surface area (TPSA) is 95.8 Å². The Morgan fingerprint density at radius 2 is 1.82 bits per heavy atom. The van der Waals surface area contributed by atoms with Crippen LogP contribution >= 0.6 is 0 Å². The van der Waals surface area contributed by atoms with Crippen LogP contribution in [0.3, 0.4) is 0 Å². The number of nitrogens with zero attached hydrogens (tertiary/aromatic N) is 3. The summed E-state index contributed by atoms with van der Waals surface area (Å²) in [6, 6.07) is 3.95. The van der Waals surface area contributed by atoms with Gasteiger partial charge in [0.15, 0.2) is 0 Å². The van der Waals surface area contributed by atoms with E-state index in [1.54, 1.807) is 9.80 Å². The zero-order chi connectivity index (χ0) is 20.5. The van der Waals surface area contributed by atoms with Crippen molar-refractivity contribution in [2.75, 3.05) is 38.0 Å². The van der Waals surface area contributed by atoms with Crippen LogP contribution in [0.5, 0.6) is 0 Å². The van der Waals surface area contributed by atoms with Crippen molar-refractivity contribution >= 4 is 17.5 Å². The minimum atomic E-state index is -4.57. The molecule has 1 aliphatic heterocycles. The Morgan fingerprint density at radius 1 is 1.18 bits per heavy atom. The van der Waals surface area contributed by atoms with Gasteiger partial charge >= 0.3 is 6.18 Å². The average Bonchev–Trinajstić information content (AvgIpc) is 3.42. The molecule has 2 fully saturated rings. The molecule has 0 unspecified atom stereocenters. The van der Waals surface area contributed by atoms with Crippen LogP contribution in [0.15, 0.2) is 24.3 Å². The monoisotopic (exact) mass is 400 g/mol. The summed E-state index contributed by atoms with van der Waals surface area (Å²) in [6.45, 7) is 1.29. The molecule has 0 aromatic heterocycles. The maximum atomic E-state index is 13.0. The molecule has 1 saturated carbocycles. The first kappa shape index (κ1) is 20.1. The van der Waals surface area contributed by atoms with Crippen LogP contribution in [-0.4, -0.2) is 65.3 Å². The Bertz CT molecular complexity index is 778. The van der Waals surface area contributed by atoms with E-state index in [4.69, 9.17) is 0 Å².